The maximum Gasteiger partial charge on any atom is 0.322 e. The number of hydrogen-bond donors (Lipinski definition) is 1. The molecular formula is C16H18F2N4O2. The Morgan fingerprint density at radius 2 is 2.17 bits per heavy atom. The summed E-state index contributed by atoms with van der Waals surface area (Å²) in [7, 11) is 0. The van der Waals surface area contributed by atoms with Gasteiger partial charge in [-0.1, -0.05) is 18.0 Å². The lowest BCUT2D eigenvalue weighted by molar-refractivity contribution is 0.184. The molecule has 1 aromatic carbocycles. The number of amides is 2. The fraction of sp³-hybridized carbons (Fsp3) is 0.438. The average Bonchev–Trinajstić information content (AvgIpc) is 2.83. The highest BCUT2D eigenvalue weighted by atomic mass is 19.1. The van der Waals surface area contributed by atoms with Crippen LogP contribution < -0.4 is 5.32 Å². The number of aryl methyl sites for hydroxylation is 1. The van der Waals surface area contributed by atoms with E-state index < -0.39 is 17.7 Å². The minimum atomic E-state index is -0.688. The molecule has 3 rings (SSSR count). The number of rotatable bonds is 2. The smallest absolute Gasteiger partial charge is 0.322 e. The van der Waals surface area contributed by atoms with E-state index in [4.69, 9.17) is 4.52 Å². The summed E-state index contributed by atoms with van der Waals surface area (Å²) in [5.41, 5.74) is -0.188. The second-order valence-electron chi connectivity index (χ2n) is 5.78. The fourth-order valence-electron chi connectivity index (χ4n) is 2.85. The molecule has 0 saturated carbocycles. The summed E-state index contributed by atoms with van der Waals surface area (Å²) < 4.78 is 32.1. The van der Waals surface area contributed by atoms with Crippen molar-refractivity contribution < 1.29 is 18.1 Å². The third-order valence-corrected chi connectivity index (χ3v) is 4.02. The minimum Gasteiger partial charge on any atom is -0.340 e. The predicted molar refractivity (Wildman–Crippen MR) is 82.3 cm³/mol. The Hall–Kier alpha value is -2.51. The van der Waals surface area contributed by atoms with Gasteiger partial charge in [-0.3, -0.25) is 0 Å². The lowest BCUT2D eigenvalue weighted by atomic mass is 10.1. The summed E-state index contributed by atoms with van der Waals surface area (Å²) in [6, 6.07) is 2.09. The van der Waals surface area contributed by atoms with Gasteiger partial charge in [0.2, 0.25) is 5.89 Å². The van der Waals surface area contributed by atoms with Gasteiger partial charge in [-0.2, -0.15) is 4.98 Å². The third kappa shape index (κ3) is 3.52. The van der Waals surface area contributed by atoms with Crippen LogP contribution in [0.4, 0.5) is 19.3 Å². The van der Waals surface area contributed by atoms with Crippen LogP contribution in [0.1, 0.15) is 43.4 Å². The number of halogens is 2. The van der Waals surface area contributed by atoms with Gasteiger partial charge in [-0.15, -0.1) is 0 Å². The number of benzene rings is 1. The van der Waals surface area contributed by atoms with Gasteiger partial charge in [0.05, 0.1) is 11.7 Å². The van der Waals surface area contributed by atoms with Gasteiger partial charge in [-0.05, 0) is 25.0 Å². The molecule has 6 nitrogen and oxygen atoms in total. The normalized spacial score (nSPS) is 18.3. The molecule has 0 spiro atoms. The monoisotopic (exact) mass is 336 g/mol. The summed E-state index contributed by atoms with van der Waals surface area (Å²) in [6.45, 7) is 2.17. The molecule has 1 fully saturated rings. The van der Waals surface area contributed by atoms with Crippen LogP contribution in [0, 0.1) is 18.6 Å². The Labute approximate surface area is 137 Å². The van der Waals surface area contributed by atoms with E-state index in [1.165, 1.54) is 0 Å². The number of urea groups is 1. The Morgan fingerprint density at radius 3 is 2.92 bits per heavy atom. The lowest BCUT2D eigenvalue weighted by Gasteiger charge is -2.28. The molecule has 8 heteroatoms. The molecule has 0 aliphatic carbocycles. The highest BCUT2D eigenvalue weighted by Gasteiger charge is 2.30. The number of carbonyl (C=O) groups is 1. The van der Waals surface area contributed by atoms with Crippen LogP contribution in [0.25, 0.3) is 0 Å². The van der Waals surface area contributed by atoms with Crippen LogP contribution >= 0.6 is 0 Å². The van der Waals surface area contributed by atoms with Gasteiger partial charge >= 0.3 is 6.03 Å². The second kappa shape index (κ2) is 6.94. The first-order valence-corrected chi connectivity index (χ1v) is 7.87. The molecule has 1 atom stereocenters. The molecule has 128 valence electrons. The number of likely N-dealkylation sites (tertiary alicyclic amines) is 1. The highest BCUT2D eigenvalue weighted by molar-refractivity contribution is 5.89. The van der Waals surface area contributed by atoms with Gasteiger partial charge in [-0.25, -0.2) is 13.6 Å². The minimum absolute atomic E-state index is 0.188. The molecule has 1 aliphatic rings. The van der Waals surface area contributed by atoms with Crippen molar-refractivity contribution in [1.29, 1.82) is 0 Å². The largest absolute Gasteiger partial charge is 0.340 e. The molecule has 2 aromatic rings. The lowest BCUT2D eigenvalue weighted by Crippen LogP contribution is -2.38. The van der Waals surface area contributed by atoms with Crippen LogP contribution in [0.2, 0.25) is 0 Å². The molecule has 1 aliphatic heterocycles. The summed E-state index contributed by atoms with van der Waals surface area (Å²) in [5, 5.41) is 6.35. The number of hydrogen-bond acceptors (Lipinski definition) is 4. The summed E-state index contributed by atoms with van der Waals surface area (Å²) in [6.07, 6.45) is 3.42. The first-order chi connectivity index (χ1) is 11.5. The number of anilines is 1. The van der Waals surface area contributed by atoms with Crippen molar-refractivity contribution >= 4 is 11.7 Å². The SMILES string of the molecule is Cc1nc([C@H]2CCCCCN2C(=O)Nc2cc(F)ccc2F)no1. The Kier molecular flexibility index (Phi) is 4.73. The number of nitrogens with one attached hydrogen (secondary N) is 1. The molecular weight excluding hydrogens is 318 g/mol. The van der Waals surface area contributed by atoms with Crippen LogP contribution in [0.3, 0.4) is 0 Å². The second-order valence-corrected chi connectivity index (χ2v) is 5.78. The van der Waals surface area contributed by atoms with Crippen LogP contribution in [0.15, 0.2) is 22.7 Å². The van der Waals surface area contributed by atoms with Crippen molar-refractivity contribution in [2.24, 2.45) is 0 Å². The zero-order chi connectivity index (χ0) is 17.1. The van der Waals surface area contributed by atoms with E-state index >= 15 is 0 Å². The maximum atomic E-state index is 13.8. The molecule has 1 saturated heterocycles. The van der Waals surface area contributed by atoms with Crippen molar-refractivity contribution in [3.05, 3.63) is 41.5 Å². The van der Waals surface area contributed by atoms with Crippen LogP contribution in [-0.2, 0) is 0 Å². The molecule has 2 amide bonds. The van der Waals surface area contributed by atoms with Gasteiger partial charge in [0.25, 0.3) is 0 Å². The van der Waals surface area contributed by atoms with E-state index in [0.717, 1.165) is 37.5 Å². The van der Waals surface area contributed by atoms with E-state index in [2.05, 4.69) is 15.5 Å². The van der Waals surface area contributed by atoms with Crippen molar-refractivity contribution in [3.63, 3.8) is 0 Å². The zero-order valence-corrected chi connectivity index (χ0v) is 13.3. The number of nitrogens with zero attached hydrogens (tertiary/aromatic N) is 3. The fourth-order valence-corrected chi connectivity index (χ4v) is 2.85. The van der Waals surface area contributed by atoms with Crippen molar-refractivity contribution in [3.8, 4) is 0 Å². The number of carbonyl (C=O) groups excluding carboxylic acids is 1. The molecule has 2 heterocycles. The first-order valence-electron chi connectivity index (χ1n) is 7.87. The molecule has 0 radical (unpaired) electrons. The zero-order valence-electron chi connectivity index (χ0n) is 13.3. The van der Waals surface area contributed by atoms with Gasteiger partial charge in [0.1, 0.15) is 11.6 Å². The van der Waals surface area contributed by atoms with Crippen LogP contribution in [-0.4, -0.2) is 27.6 Å². The van der Waals surface area contributed by atoms with Crippen molar-refractivity contribution in [2.45, 2.75) is 38.6 Å². The van der Waals surface area contributed by atoms with Gasteiger partial charge in [0, 0.05) is 19.5 Å². The molecule has 0 bridgehead atoms. The van der Waals surface area contributed by atoms with Gasteiger partial charge in [0.15, 0.2) is 5.82 Å². The molecule has 24 heavy (non-hydrogen) atoms. The van der Waals surface area contributed by atoms with E-state index in [1.54, 1.807) is 11.8 Å². The van der Waals surface area contributed by atoms with E-state index in [1.807, 2.05) is 0 Å². The quantitative estimate of drug-likeness (QED) is 0.905. The van der Waals surface area contributed by atoms with E-state index in [9.17, 15) is 13.6 Å². The molecule has 1 aromatic heterocycles. The van der Waals surface area contributed by atoms with Crippen LogP contribution in [0.5, 0.6) is 0 Å². The third-order valence-electron chi connectivity index (χ3n) is 4.02. The summed E-state index contributed by atoms with van der Waals surface area (Å²) in [4.78, 5) is 18.4. The molecule has 0 unspecified atom stereocenters. The van der Waals surface area contributed by atoms with E-state index in [-0.39, 0.29) is 11.7 Å². The first kappa shape index (κ1) is 16.4. The summed E-state index contributed by atoms with van der Waals surface area (Å²) >= 11 is 0. The molecule has 1 N–H and O–H groups in total. The average molecular weight is 336 g/mol. The number of aromatic nitrogens is 2. The van der Waals surface area contributed by atoms with Crippen molar-refractivity contribution in [1.82, 2.24) is 15.0 Å². The highest BCUT2D eigenvalue weighted by Crippen LogP contribution is 2.29. The standard InChI is InChI=1S/C16H18F2N4O2/c1-10-19-15(21-24-10)14-5-3-2-4-8-22(14)16(23)20-13-9-11(17)6-7-12(13)18/h6-7,9,14H,2-5,8H2,1H3,(H,20,23)/t14-/m1/s1. The van der Waals surface area contributed by atoms with E-state index in [0.29, 0.717) is 24.7 Å². The topological polar surface area (TPSA) is 71.3 Å². The van der Waals surface area contributed by atoms with Crippen molar-refractivity contribution in [2.75, 3.05) is 11.9 Å². The predicted octanol–water partition coefficient (Wildman–Crippen LogP) is 3.81. The Balaban J connectivity index is 1.83. The maximum absolute atomic E-state index is 13.8. The van der Waals surface area contributed by atoms with Gasteiger partial charge < -0.3 is 14.7 Å². The summed E-state index contributed by atoms with van der Waals surface area (Å²) in [5.74, 6) is -0.450. The Morgan fingerprint density at radius 1 is 1.33 bits per heavy atom. The Bertz CT molecular complexity index is 735.